The normalized spacial score (nSPS) is 13.3. The summed E-state index contributed by atoms with van der Waals surface area (Å²) in [7, 11) is 0. The minimum absolute atomic E-state index is 0.139. The Morgan fingerprint density at radius 3 is 2.62 bits per heavy atom. The van der Waals surface area contributed by atoms with Crippen LogP contribution in [0.4, 0.5) is 0 Å². The Morgan fingerprint density at radius 1 is 0.969 bits per heavy atom. The Hall–Kier alpha value is -3.60. The van der Waals surface area contributed by atoms with E-state index in [9.17, 15) is 9.59 Å². The molecule has 1 aliphatic heterocycles. The van der Waals surface area contributed by atoms with Gasteiger partial charge in [0.15, 0.2) is 5.76 Å². The molecule has 1 N–H and O–H groups in total. The fourth-order valence-electron chi connectivity index (χ4n) is 4.55. The molecular weight excluding hydrogens is 400 g/mol. The summed E-state index contributed by atoms with van der Waals surface area (Å²) in [5.74, 6) is 0.248. The highest BCUT2D eigenvalue weighted by atomic mass is 16.3. The minimum Gasteiger partial charge on any atom is -0.450 e. The Kier molecular flexibility index (Phi) is 5.39. The molecule has 32 heavy (non-hydrogen) atoms. The first kappa shape index (κ1) is 20.3. The van der Waals surface area contributed by atoms with Gasteiger partial charge < -0.3 is 14.6 Å². The molecule has 0 spiro atoms. The van der Waals surface area contributed by atoms with Crippen molar-refractivity contribution in [2.45, 2.75) is 32.7 Å². The van der Waals surface area contributed by atoms with Gasteiger partial charge in [0.1, 0.15) is 5.58 Å². The monoisotopic (exact) mass is 426 g/mol. The van der Waals surface area contributed by atoms with Crippen molar-refractivity contribution in [3.8, 4) is 0 Å². The summed E-state index contributed by atoms with van der Waals surface area (Å²) in [5.41, 5.74) is 4.14. The number of hydrogen-bond acceptors (Lipinski definition) is 3. The standard InChI is InChI=1S/C27H26N2O3/c1-18-22-13-12-20-8-4-5-10-23(20)26(22)32-25(18)27(31)28-15-6-11-24(30)29-16-14-19-7-2-3-9-21(19)17-29/h2-5,7-10,12-13H,6,11,14-17H2,1H3,(H,28,31). The van der Waals surface area contributed by atoms with Gasteiger partial charge in [0.25, 0.3) is 5.91 Å². The average molecular weight is 427 g/mol. The number of carbonyl (C=O) groups excluding carboxylic acids is 2. The van der Waals surface area contributed by atoms with Crippen molar-refractivity contribution in [2.75, 3.05) is 13.1 Å². The van der Waals surface area contributed by atoms with E-state index >= 15 is 0 Å². The first-order chi connectivity index (χ1) is 15.6. The van der Waals surface area contributed by atoms with Gasteiger partial charge in [-0.2, -0.15) is 0 Å². The molecule has 0 atom stereocenters. The number of amides is 2. The number of benzene rings is 3. The van der Waals surface area contributed by atoms with E-state index in [2.05, 4.69) is 17.4 Å². The highest BCUT2D eigenvalue weighted by Crippen LogP contribution is 2.31. The van der Waals surface area contributed by atoms with Crippen molar-refractivity contribution in [3.05, 3.63) is 83.1 Å². The third-order valence-corrected chi connectivity index (χ3v) is 6.37. The molecule has 0 saturated carbocycles. The van der Waals surface area contributed by atoms with Crippen LogP contribution < -0.4 is 5.32 Å². The van der Waals surface area contributed by atoms with E-state index in [1.54, 1.807) is 0 Å². The van der Waals surface area contributed by atoms with Gasteiger partial charge in [0, 0.05) is 42.4 Å². The number of hydrogen-bond donors (Lipinski definition) is 1. The lowest BCUT2D eigenvalue weighted by Crippen LogP contribution is -2.36. The van der Waals surface area contributed by atoms with E-state index in [1.165, 1.54) is 11.1 Å². The lowest BCUT2D eigenvalue weighted by Gasteiger charge is -2.29. The average Bonchev–Trinajstić information content (AvgIpc) is 3.18. The Morgan fingerprint density at radius 2 is 1.75 bits per heavy atom. The molecule has 5 rings (SSSR count). The molecule has 5 heteroatoms. The summed E-state index contributed by atoms with van der Waals surface area (Å²) < 4.78 is 5.99. The maximum atomic E-state index is 12.8. The van der Waals surface area contributed by atoms with Crippen molar-refractivity contribution in [1.82, 2.24) is 10.2 Å². The van der Waals surface area contributed by atoms with Crippen LogP contribution >= 0.6 is 0 Å². The second-order valence-electron chi connectivity index (χ2n) is 8.41. The Balaban J connectivity index is 1.19. The predicted octanol–water partition coefficient (Wildman–Crippen LogP) is 4.99. The van der Waals surface area contributed by atoms with E-state index < -0.39 is 0 Å². The fraction of sp³-hybridized carbons (Fsp3) is 0.259. The van der Waals surface area contributed by atoms with E-state index in [0.29, 0.717) is 31.7 Å². The summed E-state index contributed by atoms with van der Waals surface area (Å²) in [6, 6.07) is 20.3. The Bertz CT molecular complexity index is 1320. The molecule has 0 radical (unpaired) electrons. The maximum Gasteiger partial charge on any atom is 0.287 e. The molecule has 0 saturated heterocycles. The van der Waals surface area contributed by atoms with Crippen molar-refractivity contribution in [3.63, 3.8) is 0 Å². The van der Waals surface area contributed by atoms with Gasteiger partial charge in [-0.25, -0.2) is 0 Å². The lowest BCUT2D eigenvalue weighted by atomic mass is 9.99. The van der Waals surface area contributed by atoms with E-state index in [0.717, 1.165) is 40.3 Å². The molecule has 2 heterocycles. The van der Waals surface area contributed by atoms with Crippen LogP contribution in [0.3, 0.4) is 0 Å². The van der Waals surface area contributed by atoms with Crippen LogP contribution in [-0.4, -0.2) is 29.8 Å². The third-order valence-electron chi connectivity index (χ3n) is 6.37. The first-order valence-corrected chi connectivity index (χ1v) is 11.2. The molecule has 0 bridgehead atoms. The lowest BCUT2D eigenvalue weighted by molar-refractivity contribution is -0.132. The summed E-state index contributed by atoms with van der Waals surface area (Å²) in [6.45, 7) is 3.78. The molecule has 0 fully saturated rings. The summed E-state index contributed by atoms with van der Waals surface area (Å²) in [6.07, 6.45) is 1.93. The van der Waals surface area contributed by atoms with Crippen molar-refractivity contribution in [1.29, 1.82) is 0 Å². The van der Waals surface area contributed by atoms with Gasteiger partial charge in [0.05, 0.1) is 0 Å². The first-order valence-electron chi connectivity index (χ1n) is 11.2. The number of nitrogens with zero attached hydrogens (tertiary/aromatic N) is 1. The van der Waals surface area contributed by atoms with Gasteiger partial charge >= 0.3 is 0 Å². The molecule has 0 unspecified atom stereocenters. The molecule has 0 aliphatic carbocycles. The molecule has 1 aromatic heterocycles. The molecule has 4 aromatic rings. The minimum atomic E-state index is -0.234. The maximum absolute atomic E-state index is 12.8. The van der Waals surface area contributed by atoms with Gasteiger partial charge in [-0.3, -0.25) is 9.59 Å². The largest absolute Gasteiger partial charge is 0.450 e. The number of furan rings is 1. The molecule has 2 amide bonds. The van der Waals surface area contributed by atoms with Gasteiger partial charge in [-0.1, -0.05) is 60.7 Å². The molecule has 5 nitrogen and oxygen atoms in total. The van der Waals surface area contributed by atoms with Crippen LogP contribution in [0.25, 0.3) is 21.7 Å². The zero-order valence-electron chi connectivity index (χ0n) is 18.2. The van der Waals surface area contributed by atoms with E-state index in [-0.39, 0.29) is 11.8 Å². The number of aryl methyl sites for hydroxylation is 1. The molecule has 162 valence electrons. The second-order valence-corrected chi connectivity index (χ2v) is 8.41. The van der Waals surface area contributed by atoms with Crippen LogP contribution in [0.1, 0.15) is 40.1 Å². The van der Waals surface area contributed by atoms with Crippen LogP contribution in [0.15, 0.2) is 65.1 Å². The summed E-state index contributed by atoms with van der Waals surface area (Å²) >= 11 is 0. The van der Waals surface area contributed by atoms with Gasteiger partial charge in [-0.15, -0.1) is 0 Å². The van der Waals surface area contributed by atoms with Crippen molar-refractivity contribution >= 4 is 33.6 Å². The topological polar surface area (TPSA) is 62.6 Å². The highest BCUT2D eigenvalue weighted by molar-refractivity contribution is 6.08. The zero-order valence-corrected chi connectivity index (χ0v) is 18.2. The van der Waals surface area contributed by atoms with Crippen molar-refractivity contribution in [2.24, 2.45) is 0 Å². The van der Waals surface area contributed by atoms with Crippen molar-refractivity contribution < 1.29 is 14.0 Å². The zero-order chi connectivity index (χ0) is 22.1. The SMILES string of the molecule is Cc1c(C(=O)NCCCC(=O)N2CCc3ccccc3C2)oc2c1ccc1ccccc12. The van der Waals surface area contributed by atoms with Gasteiger partial charge in [0.2, 0.25) is 5.91 Å². The summed E-state index contributed by atoms with van der Waals surface area (Å²) in [4.78, 5) is 27.3. The second kappa shape index (κ2) is 8.50. The molecule has 3 aromatic carbocycles. The molecular formula is C27H26N2O3. The number of carbonyl (C=O) groups is 2. The third kappa shape index (κ3) is 3.75. The predicted molar refractivity (Wildman–Crippen MR) is 126 cm³/mol. The smallest absolute Gasteiger partial charge is 0.287 e. The summed E-state index contributed by atoms with van der Waals surface area (Å²) in [5, 5.41) is 5.96. The van der Waals surface area contributed by atoms with Crippen LogP contribution in [0.2, 0.25) is 0 Å². The van der Waals surface area contributed by atoms with Crippen LogP contribution in [0, 0.1) is 6.92 Å². The molecule has 1 aliphatic rings. The number of nitrogens with one attached hydrogen (secondary N) is 1. The Labute approximate surface area is 187 Å². The quantitative estimate of drug-likeness (QED) is 0.457. The van der Waals surface area contributed by atoms with Crippen LogP contribution in [-0.2, 0) is 17.8 Å². The fourth-order valence-corrected chi connectivity index (χ4v) is 4.55. The van der Waals surface area contributed by atoms with E-state index in [4.69, 9.17) is 4.42 Å². The van der Waals surface area contributed by atoms with Gasteiger partial charge in [-0.05, 0) is 36.3 Å². The van der Waals surface area contributed by atoms with Crippen LogP contribution in [0.5, 0.6) is 0 Å². The number of rotatable bonds is 5. The highest BCUT2D eigenvalue weighted by Gasteiger charge is 2.21. The van der Waals surface area contributed by atoms with E-state index in [1.807, 2.05) is 60.4 Å². The number of fused-ring (bicyclic) bond motifs is 4.